The molecule has 112 valence electrons. The van der Waals surface area contributed by atoms with E-state index in [0.29, 0.717) is 6.42 Å². The van der Waals surface area contributed by atoms with Crippen LogP contribution in [0.5, 0.6) is 0 Å². The van der Waals surface area contributed by atoms with Crippen LogP contribution in [0, 0.1) is 5.41 Å². The van der Waals surface area contributed by atoms with E-state index < -0.39 is 5.41 Å². The molecule has 2 heterocycles. The van der Waals surface area contributed by atoms with Crippen LogP contribution in [-0.4, -0.2) is 42.0 Å². The highest BCUT2D eigenvalue weighted by Crippen LogP contribution is 2.42. The zero-order valence-corrected chi connectivity index (χ0v) is 12.2. The zero-order valence-electron chi connectivity index (χ0n) is 12.2. The van der Waals surface area contributed by atoms with Crippen molar-refractivity contribution in [2.24, 2.45) is 5.41 Å². The first-order chi connectivity index (χ1) is 10.1. The van der Waals surface area contributed by atoms with Gasteiger partial charge in [-0.05, 0) is 31.5 Å². The van der Waals surface area contributed by atoms with Crippen molar-refractivity contribution in [1.82, 2.24) is 9.96 Å². The average molecular weight is 288 g/mol. The Hall–Kier alpha value is -1.72. The van der Waals surface area contributed by atoms with E-state index >= 15 is 0 Å². The Morgan fingerprint density at radius 3 is 2.38 bits per heavy atom. The van der Waals surface area contributed by atoms with Crippen LogP contribution in [-0.2, 0) is 21.0 Å². The first kappa shape index (κ1) is 14.2. The number of nitrogens with zero attached hydrogens (tertiary/aromatic N) is 2. The number of likely N-dealkylation sites (tertiary alicyclic amines) is 1. The first-order valence-electron chi connectivity index (χ1n) is 7.32. The molecule has 3 rings (SSSR count). The molecule has 2 fully saturated rings. The number of hydroxylamine groups is 2. The molecule has 2 amide bonds. The maximum atomic E-state index is 12.4. The predicted molar refractivity (Wildman–Crippen MR) is 76.9 cm³/mol. The second-order valence-electron chi connectivity index (χ2n) is 5.89. The standard InChI is InChI=1S/C16H20N2O3/c1-21-18-14(19)11-16(15(18)20)7-9-17(10-8-16)12-13-5-3-2-4-6-13/h2-6H,7-12H2,1H3. The molecular formula is C16H20N2O3. The van der Waals surface area contributed by atoms with Gasteiger partial charge in [-0.2, -0.15) is 5.06 Å². The number of imide groups is 1. The molecule has 5 nitrogen and oxygen atoms in total. The van der Waals surface area contributed by atoms with E-state index in [-0.39, 0.29) is 11.8 Å². The first-order valence-corrected chi connectivity index (χ1v) is 7.32. The van der Waals surface area contributed by atoms with Gasteiger partial charge in [0.15, 0.2) is 0 Å². The normalized spacial score (nSPS) is 22.2. The quantitative estimate of drug-likeness (QED) is 0.793. The third-order valence-corrected chi connectivity index (χ3v) is 4.60. The number of carbonyl (C=O) groups is 2. The van der Waals surface area contributed by atoms with Gasteiger partial charge >= 0.3 is 0 Å². The Balaban J connectivity index is 1.63. The number of piperidine rings is 1. The van der Waals surface area contributed by atoms with E-state index in [2.05, 4.69) is 17.0 Å². The van der Waals surface area contributed by atoms with Gasteiger partial charge in [0.1, 0.15) is 0 Å². The number of carbonyl (C=O) groups excluding carboxylic acids is 2. The minimum Gasteiger partial charge on any atom is -0.299 e. The second kappa shape index (κ2) is 5.58. The Bertz CT molecular complexity index is 536. The third kappa shape index (κ3) is 2.59. The van der Waals surface area contributed by atoms with E-state index in [0.717, 1.165) is 37.5 Å². The summed E-state index contributed by atoms with van der Waals surface area (Å²) in [5, 5.41) is 0.937. The van der Waals surface area contributed by atoms with Crippen molar-refractivity contribution >= 4 is 11.8 Å². The van der Waals surface area contributed by atoms with E-state index in [1.807, 2.05) is 18.2 Å². The maximum absolute atomic E-state index is 12.4. The van der Waals surface area contributed by atoms with Gasteiger partial charge in [-0.25, -0.2) is 0 Å². The fourth-order valence-electron chi connectivity index (χ4n) is 3.32. The summed E-state index contributed by atoms with van der Waals surface area (Å²) < 4.78 is 0. The molecule has 0 unspecified atom stereocenters. The molecule has 5 heteroatoms. The Kier molecular flexibility index (Phi) is 3.78. The molecule has 21 heavy (non-hydrogen) atoms. The lowest BCUT2D eigenvalue weighted by molar-refractivity contribution is -0.183. The van der Waals surface area contributed by atoms with E-state index in [9.17, 15) is 9.59 Å². The molecule has 2 saturated heterocycles. The van der Waals surface area contributed by atoms with Crippen molar-refractivity contribution in [3.05, 3.63) is 35.9 Å². The van der Waals surface area contributed by atoms with Crippen molar-refractivity contribution in [2.75, 3.05) is 20.2 Å². The SMILES string of the molecule is CON1C(=O)CC2(CCN(Cc3ccccc3)CC2)C1=O. The lowest BCUT2D eigenvalue weighted by Crippen LogP contribution is -2.44. The maximum Gasteiger partial charge on any atom is 0.260 e. The van der Waals surface area contributed by atoms with Gasteiger partial charge in [-0.3, -0.25) is 19.3 Å². The van der Waals surface area contributed by atoms with Gasteiger partial charge in [0, 0.05) is 13.0 Å². The topological polar surface area (TPSA) is 49.9 Å². The second-order valence-corrected chi connectivity index (χ2v) is 5.89. The van der Waals surface area contributed by atoms with Gasteiger partial charge in [0.05, 0.1) is 12.5 Å². The summed E-state index contributed by atoms with van der Waals surface area (Å²) in [4.78, 5) is 31.4. The van der Waals surface area contributed by atoms with Crippen molar-refractivity contribution in [1.29, 1.82) is 0 Å². The van der Waals surface area contributed by atoms with Gasteiger partial charge in [0.25, 0.3) is 11.8 Å². The van der Waals surface area contributed by atoms with Gasteiger partial charge in [0.2, 0.25) is 0 Å². The molecule has 1 aromatic rings. The number of hydrogen-bond acceptors (Lipinski definition) is 4. The smallest absolute Gasteiger partial charge is 0.260 e. The lowest BCUT2D eigenvalue weighted by Gasteiger charge is -2.37. The summed E-state index contributed by atoms with van der Waals surface area (Å²) >= 11 is 0. The highest BCUT2D eigenvalue weighted by atomic mass is 16.7. The van der Waals surface area contributed by atoms with Crippen LogP contribution in [0.3, 0.4) is 0 Å². The highest BCUT2D eigenvalue weighted by molar-refractivity contribution is 6.04. The van der Waals surface area contributed by atoms with Crippen LogP contribution in [0.25, 0.3) is 0 Å². The summed E-state index contributed by atoms with van der Waals surface area (Å²) in [5.41, 5.74) is 0.751. The summed E-state index contributed by atoms with van der Waals surface area (Å²) in [6, 6.07) is 10.3. The number of hydrogen-bond donors (Lipinski definition) is 0. The van der Waals surface area contributed by atoms with Crippen LogP contribution >= 0.6 is 0 Å². The predicted octanol–water partition coefficient (Wildman–Crippen LogP) is 1.59. The van der Waals surface area contributed by atoms with E-state index in [1.54, 1.807) is 0 Å². The Labute approximate surface area is 124 Å². The molecule has 2 aliphatic heterocycles. The summed E-state index contributed by atoms with van der Waals surface area (Å²) in [7, 11) is 1.37. The Morgan fingerprint density at radius 2 is 1.81 bits per heavy atom. The van der Waals surface area contributed by atoms with Gasteiger partial charge in [-0.1, -0.05) is 30.3 Å². The highest BCUT2D eigenvalue weighted by Gasteiger charge is 2.53. The molecule has 0 saturated carbocycles. The number of amides is 2. The molecular weight excluding hydrogens is 268 g/mol. The zero-order chi connectivity index (χ0) is 14.9. The monoisotopic (exact) mass is 288 g/mol. The van der Waals surface area contributed by atoms with Gasteiger partial charge in [-0.15, -0.1) is 0 Å². The largest absolute Gasteiger partial charge is 0.299 e. The van der Waals surface area contributed by atoms with Crippen LogP contribution < -0.4 is 0 Å². The molecule has 0 atom stereocenters. The molecule has 1 spiro atoms. The minimum absolute atomic E-state index is 0.158. The van der Waals surface area contributed by atoms with Crippen molar-refractivity contribution < 1.29 is 14.4 Å². The molecule has 0 bridgehead atoms. The van der Waals surface area contributed by atoms with E-state index in [1.165, 1.54) is 12.7 Å². The lowest BCUT2D eigenvalue weighted by atomic mass is 9.77. The fourth-order valence-corrected chi connectivity index (χ4v) is 3.32. The van der Waals surface area contributed by atoms with Crippen LogP contribution in [0.1, 0.15) is 24.8 Å². The van der Waals surface area contributed by atoms with Crippen LogP contribution in [0.2, 0.25) is 0 Å². The Morgan fingerprint density at radius 1 is 1.14 bits per heavy atom. The van der Waals surface area contributed by atoms with Gasteiger partial charge < -0.3 is 0 Å². The third-order valence-electron chi connectivity index (χ3n) is 4.60. The van der Waals surface area contributed by atoms with E-state index in [4.69, 9.17) is 4.84 Å². The van der Waals surface area contributed by atoms with Crippen molar-refractivity contribution in [2.45, 2.75) is 25.8 Å². The number of benzene rings is 1. The molecule has 1 aromatic carbocycles. The van der Waals surface area contributed by atoms with Crippen LogP contribution in [0.15, 0.2) is 30.3 Å². The average Bonchev–Trinajstić information content (AvgIpc) is 2.73. The molecule has 0 aliphatic carbocycles. The molecule has 0 aromatic heterocycles. The molecule has 2 aliphatic rings. The summed E-state index contributed by atoms with van der Waals surface area (Å²) in [6.07, 6.45) is 1.74. The van der Waals surface area contributed by atoms with Crippen molar-refractivity contribution in [3.8, 4) is 0 Å². The fraction of sp³-hybridized carbons (Fsp3) is 0.500. The minimum atomic E-state index is -0.527. The number of rotatable bonds is 3. The summed E-state index contributed by atoms with van der Waals surface area (Å²) in [6.45, 7) is 2.57. The summed E-state index contributed by atoms with van der Waals surface area (Å²) in [5.74, 6) is -0.367. The van der Waals surface area contributed by atoms with Crippen molar-refractivity contribution in [3.63, 3.8) is 0 Å². The molecule has 0 N–H and O–H groups in total. The van der Waals surface area contributed by atoms with Crippen LogP contribution in [0.4, 0.5) is 0 Å². The molecule has 0 radical (unpaired) electrons.